The number of carbonyl (C=O) groups is 2. The number of ketones is 1. The zero-order chi connectivity index (χ0) is 25.7. The highest BCUT2D eigenvalue weighted by Crippen LogP contribution is 2.40. The summed E-state index contributed by atoms with van der Waals surface area (Å²) in [5.74, 6) is -1.93. The molecule has 1 unspecified atom stereocenters. The van der Waals surface area contributed by atoms with Crippen molar-refractivity contribution in [2.24, 2.45) is 0 Å². The first-order valence-corrected chi connectivity index (χ1v) is 12.1. The van der Waals surface area contributed by atoms with E-state index in [1.165, 1.54) is 24.1 Å². The molecule has 36 heavy (non-hydrogen) atoms. The lowest BCUT2D eigenvalue weighted by molar-refractivity contribution is -0.140. The molecule has 0 aromatic heterocycles. The number of aliphatic hydroxyl groups is 1. The normalized spacial score (nSPS) is 20.1. The van der Waals surface area contributed by atoms with E-state index >= 15 is 0 Å². The lowest BCUT2D eigenvalue weighted by Crippen LogP contribution is -2.38. The maximum absolute atomic E-state index is 14.4. The summed E-state index contributed by atoms with van der Waals surface area (Å²) in [6, 6.07) is 10.2. The fourth-order valence-electron chi connectivity index (χ4n) is 4.63. The number of hydrogen-bond acceptors (Lipinski definition) is 7. The third kappa shape index (κ3) is 5.37. The molecule has 2 aliphatic heterocycles. The minimum absolute atomic E-state index is 0.0122. The van der Waals surface area contributed by atoms with Crippen molar-refractivity contribution in [1.82, 2.24) is 9.80 Å². The van der Waals surface area contributed by atoms with Gasteiger partial charge in [-0.15, -0.1) is 0 Å². The van der Waals surface area contributed by atoms with Crippen LogP contribution in [0.4, 0.5) is 4.39 Å². The minimum atomic E-state index is -0.810. The van der Waals surface area contributed by atoms with Gasteiger partial charge in [-0.3, -0.25) is 14.5 Å². The Balaban J connectivity index is 1.68. The summed E-state index contributed by atoms with van der Waals surface area (Å²) in [7, 11) is 1.34. The van der Waals surface area contributed by atoms with E-state index in [-0.39, 0.29) is 16.9 Å². The number of benzene rings is 2. The van der Waals surface area contributed by atoms with Gasteiger partial charge in [0.2, 0.25) is 0 Å². The first-order valence-electron chi connectivity index (χ1n) is 12.1. The summed E-state index contributed by atoms with van der Waals surface area (Å²) in [6.07, 6.45) is 0.651. The van der Waals surface area contributed by atoms with Crippen LogP contribution < -0.4 is 9.47 Å². The van der Waals surface area contributed by atoms with Gasteiger partial charge in [0.05, 0.1) is 38.5 Å². The number of Topliss-reactive ketones (excluding diaryl/α,β-unsaturated/α-hetero) is 1. The van der Waals surface area contributed by atoms with Gasteiger partial charge in [-0.1, -0.05) is 12.1 Å². The number of halogens is 1. The van der Waals surface area contributed by atoms with Crippen molar-refractivity contribution in [2.75, 3.05) is 53.1 Å². The lowest BCUT2D eigenvalue weighted by Gasteiger charge is -2.29. The average molecular weight is 499 g/mol. The van der Waals surface area contributed by atoms with Crippen molar-refractivity contribution < 1.29 is 33.3 Å². The van der Waals surface area contributed by atoms with Gasteiger partial charge < -0.3 is 24.2 Å². The molecule has 4 rings (SSSR count). The number of aliphatic hydroxyl groups excluding tert-OH is 1. The van der Waals surface area contributed by atoms with Gasteiger partial charge in [0.15, 0.2) is 11.6 Å². The van der Waals surface area contributed by atoms with Crippen LogP contribution in [0.15, 0.2) is 48.0 Å². The number of rotatable bonds is 9. The number of carbonyl (C=O) groups excluding carboxylic acids is 2. The quantitative estimate of drug-likeness (QED) is 0.322. The fraction of sp³-hybridized carbons (Fsp3) is 0.407. The Kier molecular flexibility index (Phi) is 8.22. The fourth-order valence-corrected chi connectivity index (χ4v) is 4.63. The van der Waals surface area contributed by atoms with Gasteiger partial charge in [-0.05, 0) is 49.2 Å². The second kappa shape index (κ2) is 11.5. The smallest absolute Gasteiger partial charge is 0.295 e. The van der Waals surface area contributed by atoms with E-state index in [4.69, 9.17) is 14.2 Å². The molecule has 0 aliphatic carbocycles. The number of morpholine rings is 1. The molecule has 0 spiro atoms. The van der Waals surface area contributed by atoms with E-state index in [2.05, 4.69) is 4.90 Å². The molecule has 0 radical (unpaired) electrons. The van der Waals surface area contributed by atoms with E-state index in [1.807, 2.05) is 6.92 Å². The summed E-state index contributed by atoms with van der Waals surface area (Å²) in [6.45, 7) is 6.46. The Bertz CT molecular complexity index is 1130. The van der Waals surface area contributed by atoms with E-state index in [1.54, 1.807) is 24.3 Å². The van der Waals surface area contributed by atoms with Crippen LogP contribution >= 0.6 is 0 Å². The van der Waals surface area contributed by atoms with Gasteiger partial charge in [0.25, 0.3) is 11.7 Å². The SMILES string of the molecule is CCOc1ccc(C2/C(=C(\O)c3ccc(OC)c(F)c3)C(=O)C(=O)N2CCCN2CCOCC2)cc1. The summed E-state index contributed by atoms with van der Waals surface area (Å²) in [4.78, 5) is 30.1. The molecule has 2 aromatic carbocycles. The molecule has 1 N–H and O–H groups in total. The largest absolute Gasteiger partial charge is 0.507 e. The van der Waals surface area contributed by atoms with Crippen LogP contribution in [0.3, 0.4) is 0 Å². The number of hydrogen-bond donors (Lipinski definition) is 1. The Morgan fingerprint density at radius 2 is 1.83 bits per heavy atom. The molecule has 0 saturated carbocycles. The zero-order valence-electron chi connectivity index (χ0n) is 20.5. The standard InChI is InChI=1S/C27H31FN2O6/c1-3-36-20-8-5-18(6-9-20)24-23(25(31)19-7-10-22(34-2)21(28)17-19)26(32)27(33)30(24)12-4-11-29-13-15-35-16-14-29/h5-10,17,24,31H,3-4,11-16H2,1-2H3/b25-23+. The second-order valence-corrected chi connectivity index (χ2v) is 8.65. The topological polar surface area (TPSA) is 88.5 Å². The molecular formula is C27H31FN2O6. The van der Waals surface area contributed by atoms with E-state index in [0.29, 0.717) is 44.1 Å². The van der Waals surface area contributed by atoms with Crippen molar-refractivity contribution in [3.05, 3.63) is 65.0 Å². The van der Waals surface area contributed by atoms with Gasteiger partial charge in [0.1, 0.15) is 11.5 Å². The van der Waals surface area contributed by atoms with Crippen molar-refractivity contribution >= 4 is 17.4 Å². The third-order valence-electron chi connectivity index (χ3n) is 6.45. The average Bonchev–Trinajstić information content (AvgIpc) is 3.14. The Morgan fingerprint density at radius 3 is 2.47 bits per heavy atom. The summed E-state index contributed by atoms with van der Waals surface area (Å²) >= 11 is 0. The highest BCUT2D eigenvalue weighted by Gasteiger charge is 2.45. The third-order valence-corrected chi connectivity index (χ3v) is 6.45. The van der Waals surface area contributed by atoms with Crippen molar-refractivity contribution in [2.45, 2.75) is 19.4 Å². The molecule has 1 amide bonds. The van der Waals surface area contributed by atoms with Gasteiger partial charge >= 0.3 is 0 Å². The molecule has 2 aromatic rings. The zero-order valence-corrected chi connectivity index (χ0v) is 20.5. The van der Waals surface area contributed by atoms with Crippen LogP contribution in [-0.2, 0) is 14.3 Å². The van der Waals surface area contributed by atoms with Crippen LogP contribution in [0.25, 0.3) is 5.76 Å². The van der Waals surface area contributed by atoms with E-state index in [0.717, 1.165) is 25.7 Å². The number of amides is 1. The minimum Gasteiger partial charge on any atom is -0.507 e. The molecule has 8 nitrogen and oxygen atoms in total. The molecule has 2 aliphatic rings. The maximum atomic E-state index is 14.4. The van der Waals surface area contributed by atoms with Crippen molar-refractivity contribution in [3.63, 3.8) is 0 Å². The van der Waals surface area contributed by atoms with Crippen LogP contribution in [0.2, 0.25) is 0 Å². The number of ether oxygens (including phenoxy) is 3. The first-order chi connectivity index (χ1) is 17.4. The monoisotopic (exact) mass is 498 g/mol. The summed E-state index contributed by atoms with van der Waals surface area (Å²) < 4.78 is 30.2. The lowest BCUT2D eigenvalue weighted by atomic mass is 9.95. The van der Waals surface area contributed by atoms with E-state index in [9.17, 15) is 19.1 Å². The first kappa shape index (κ1) is 25.7. The summed E-state index contributed by atoms with van der Waals surface area (Å²) in [5, 5.41) is 11.1. The predicted molar refractivity (Wildman–Crippen MR) is 131 cm³/mol. The highest BCUT2D eigenvalue weighted by atomic mass is 19.1. The molecule has 0 bridgehead atoms. The Hall–Kier alpha value is -3.43. The molecule has 192 valence electrons. The predicted octanol–water partition coefficient (Wildman–Crippen LogP) is 3.38. The molecule has 2 heterocycles. The number of methoxy groups -OCH3 is 1. The molecule has 1 atom stereocenters. The molecule has 2 fully saturated rings. The molecular weight excluding hydrogens is 467 g/mol. The van der Waals surface area contributed by atoms with Gasteiger partial charge in [-0.2, -0.15) is 0 Å². The van der Waals surface area contributed by atoms with E-state index < -0.39 is 29.3 Å². The van der Waals surface area contributed by atoms with Gasteiger partial charge in [0, 0.05) is 31.7 Å². The Labute approximate surface area is 209 Å². The van der Waals surface area contributed by atoms with Crippen LogP contribution in [-0.4, -0.2) is 79.7 Å². The molecule has 2 saturated heterocycles. The van der Waals surface area contributed by atoms with Crippen LogP contribution in [0.5, 0.6) is 11.5 Å². The maximum Gasteiger partial charge on any atom is 0.295 e. The van der Waals surface area contributed by atoms with Crippen LogP contribution in [0.1, 0.15) is 30.5 Å². The highest BCUT2D eigenvalue weighted by molar-refractivity contribution is 6.46. The summed E-state index contributed by atoms with van der Waals surface area (Å²) in [5.41, 5.74) is 0.676. The second-order valence-electron chi connectivity index (χ2n) is 8.65. The van der Waals surface area contributed by atoms with Crippen molar-refractivity contribution in [1.29, 1.82) is 0 Å². The Morgan fingerprint density at radius 1 is 1.11 bits per heavy atom. The number of likely N-dealkylation sites (tertiary alicyclic amines) is 1. The van der Waals surface area contributed by atoms with Gasteiger partial charge in [-0.25, -0.2) is 4.39 Å². The number of nitrogens with zero attached hydrogens (tertiary/aromatic N) is 2. The molecule has 9 heteroatoms. The van der Waals surface area contributed by atoms with Crippen LogP contribution in [0, 0.1) is 5.82 Å². The van der Waals surface area contributed by atoms with Crippen molar-refractivity contribution in [3.8, 4) is 11.5 Å².